The summed E-state index contributed by atoms with van der Waals surface area (Å²) in [4.78, 5) is 6.95. The number of hydrogen-bond acceptors (Lipinski definition) is 5. The quantitative estimate of drug-likeness (QED) is 0.857. The molecule has 0 spiro atoms. The predicted molar refractivity (Wildman–Crippen MR) is 104 cm³/mol. The minimum absolute atomic E-state index is 0.250. The van der Waals surface area contributed by atoms with E-state index in [9.17, 15) is 8.42 Å². The monoisotopic (exact) mass is 361 g/mol. The molecule has 0 unspecified atom stereocenters. The van der Waals surface area contributed by atoms with Crippen LogP contribution >= 0.6 is 0 Å². The lowest BCUT2D eigenvalue weighted by molar-refractivity contribution is 0.230. The molecule has 2 heterocycles. The first kappa shape index (κ1) is 18.1. The molecule has 0 saturated carbocycles. The Morgan fingerprint density at radius 2 is 1.96 bits per heavy atom. The molecule has 1 fully saturated rings. The fraction of sp³-hybridized carbons (Fsp3) is 0.526. The number of rotatable bonds is 6. The maximum Gasteiger partial charge on any atom is 0.148 e. The second kappa shape index (κ2) is 7.70. The Kier molecular flexibility index (Phi) is 5.59. The molecule has 6 heteroatoms. The van der Waals surface area contributed by atoms with Crippen LogP contribution < -0.4 is 5.32 Å². The molecule has 25 heavy (non-hydrogen) atoms. The number of pyridine rings is 1. The van der Waals surface area contributed by atoms with Gasteiger partial charge in [0, 0.05) is 48.7 Å². The van der Waals surface area contributed by atoms with Gasteiger partial charge in [0.05, 0.1) is 11.3 Å². The molecule has 136 valence electrons. The van der Waals surface area contributed by atoms with E-state index in [-0.39, 0.29) is 5.75 Å². The Bertz CT molecular complexity index is 828. The number of nitrogens with one attached hydrogen (secondary N) is 1. The second-order valence-electron chi connectivity index (χ2n) is 6.92. The lowest BCUT2D eigenvalue weighted by atomic mass is 10.0. The van der Waals surface area contributed by atoms with Gasteiger partial charge in [-0.1, -0.05) is 25.1 Å². The fourth-order valence-corrected chi connectivity index (χ4v) is 3.94. The highest BCUT2D eigenvalue weighted by Crippen LogP contribution is 2.26. The molecule has 0 bridgehead atoms. The minimum atomic E-state index is -2.88. The van der Waals surface area contributed by atoms with Crippen LogP contribution in [0, 0.1) is 0 Å². The molecule has 0 amide bonds. The van der Waals surface area contributed by atoms with Crippen LogP contribution in [0.2, 0.25) is 0 Å². The van der Waals surface area contributed by atoms with E-state index >= 15 is 0 Å². The van der Waals surface area contributed by atoms with Gasteiger partial charge in [0.2, 0.25) is 0 Å². The summed E-state index contributed by atoms with van der Waals surface area (Å²) < 4.78 is 22.6. The van der Waals surface area contributed by atoms with Gasteiger partial charge in [-0.3, -0.25) is 4.98 Å². The van der Waals surface area contributed by atoms with Crippen LogP contribution in [0.1, 0.15) is 25.5 Å². The van der Waals surface area contributed by atoms with Crippen molar-refractivity contribution in [1.82, 2.24) is 9.88 Å². The Hall–Kier alpha value is -1.66. The van der Waals surface area contributed by atoms with E-state index in [2.05, 4.69) is 41.4 Å². The Morgan fingerprint density at radius 1 is 1.24 bits per heavy atom. The van der Waals surface area contributed by atoms with Crippen molar-refractivity contribution in [2.75, 3.05) is 37.0 Å². The molecule has 2 aromatic rings. The SMILES string of the molecule is CCc1cc(NC2CCN(CCS(C)(=O)=O)CC2)c2ccccc2n1. The third-order valence-electron chi connectivity index (χ3n) is 4.86. The highest BCUT2D eigenvalue weighted by atomic mass is 32.2. The van der Waals surface area contributed by atoms with Crippen molar-refractivity contribution in [1.29, 1.82) is 0 Å². The van der Waals surface area contributed by atoms with Crippen molar-refractivity contribution in [3.05, 3.63) is 36.0 Å². The zero-order valence-electron chi connectivity index (χ0n) is 15.0. The zero-order valence-corrected chi connectivity index (χ0v) is 15.8. The first-order valence-electron chi connectivity index (χ1n) is 9.00. The molecule has 1 N–H and O–H groups in total. The summed E-state index contributed by atoms with van der Waals surface area (Å²) in [6, 6.07) is 10.8. The Labute approximate surface area is 150 Å². The largest absolute Gasteiger partial charge is 0.382 e. The molecule has 1 saturated heterocycles. The van der Waals surface area contributed by atoms with Crippen molar-refractivity contribution in [3.8, 4) is 0 Å². The smallest absolute Gasteiger partial charge is 0.148 e. The van der Waals surface area contributed by atoms with E-state index in [4.69, 9.17) is 4.98 Å². The average Bonchev–Trinajstić information content (AvgIpc) is 2.60. The summed E-state index contributed by atoms with van der Waals surface area (Å²) in [7, 11) is -2.88. The van der Waals surface area contributed by atoms with Crippen LogP contribution in [0.5, 0.6) is 0 Å². The lowest BCUT2D eigenvalue weighted by Gasteiger charge is -2.33. The van der Waals surface area contributed by atoms with Crippen LogP contribution in [-0.4, -0.2) is 56.0 Å². The topological polar surface area (TPSA) is 62.3 Å². The van der Waals surface area contributed by atoms with Crippen molar-refractivity contribution < 1.29 is 8.42 Å². The molecule has 1 aliphatic rings. The van der Waals surface area contributed by atoms with Gasteiger partial charge in [-0.2, -0.15) is 0 Å². The average molecular weight is 362 g/mol. The number of nitrogens with zero attached hydrogens (tertiary/aromatic N) is 2. The number of para-hydroxylation sites is 1. The van der Waals surface area contributed by atoms with Crippen LogP contribution in [0.15, 0.2) is 30.3 Å². The van der Waals surface area contributed by atoms with Gasteiger partial charge < -0.3 is 10.2 Å². The molecule has 3 rings (SSSR count). The van der Waals surface area contributed by atoms with Crippen molar-refractivity contribution in [2.45, 2.75) is 32.2 Å². The number of piperidine rings is 1. The van der Waals surface area contributed by atoms with Crippen molar-refractivity contribution in [2.24, 2.45) is 0 Å². The Morgan fingerprint density at radius 3 is 2.64 bits per heavy atom. The molecule has 0 aliphatic carbocycles. The summed E-state index contributed by atoms with van der Waals surface area (Å²) in [6.45, 7) is 4.65. The lowest BCUT2D eigenvalue weighted by Crippen LogP contribution is -2.41. The number of sulfone groups is 1. The number of fused-ring (bicyclic) bond motifs is 1. The number of anilines is 1. The van der Waals surface area contributed by atoms with Gasteiger partial charge in [-0.15, -0.1) is 0 Å². The van der Waals surface area contributed by atoms with E-state index in [1.165, 1.54) is 11.6 Å². The second-order valence-corrected chi connectivity index (χ2v) is 9.18. The molecule has 0 radical (unpaired) electrons. The number of hydrogen-bond donors (Lipinski definition) is 1. The van der Waals surface area contributed by atoms with Crippen molar-refractivity contribution in [3.63, 3.8) is 0 Å². The third-order valence-corrected chi connectivity index (χ3v) is 5.78. The minimum Gasteiger partial charge on any atom is -0.382 e. The number of aromatic nitrogens is 1. The first-order chi connectivity index (χ1) is 11.9. The molecule has 1 aromatic heterocycles. The zero-order chi connectivity index (χ0) is 17.9. The van der Waals surface area contributed by atoms with E-state index in [0.717, 1.165) is 49.2 Å². The van der Waals surface area contributed by atoms with Gasteiger partial charge in [-0.05, 0) is 31.4 Å². The number of likely N-dealkylation sites (tertiary alicyclic amines) is 1. The first-order valence-corrected chi connectivity index (χ1v) is 11.1. The van der Waals surface area contributed by atoms with Gasteiger partial charge in [0.1, 0.15) is 9.84 Å². The molecule has 1 aromatic carbocycles. The van der Waals surface area contributed by atoms with E-state index in [1.54, 1.807) is 0 Å². The van der Waals surface area contributed by atoms with E-state index in [0.29, 0.717) is 12.6 Å². The van der Waals surface area contributed by atoms with Crippen LogP contribution in [0.3, 0.4) is 0 Å². The third kappa shape index (κ3) is 4.92. The molecular formula is C19H27N3O2S. The van der Waals surface area contributed by atoms with Gasteiger partial charge in [0.25, 0.3) is 0 Å². The Balaban J connectivity index is 1.65. The summed E-state index contributed by atoms with van der Waals surface area (Å²) in [5.41, 5.74) is 3.30. The number of benzene rings is 1. The van der Waals surface area contributed by atoms with Crippen LogP contribution in [-0.2, 0) is 16.3 Å². The highest BCUT2D eigenvalue weighted by molar-refractivity contribution is 7.90. The number of aryl methyl sites for hydroxylation is 1. The molecule has 5 nitrogen and oxygen atoms in total. The fourth-order valence-electron chi connectivity index (χ4n) is 3.35. The molecule has 1 aliphatic heterocycles. The van der Waals surface area contributed by atoms with Crippen LogP contribution in [0.4, 0.5) is 5.69 Å². The standard InChI is InChI=1S/C19H27N3O2S/c1-3-15-14-19(17-6-4-5-7-18(17)20-15)21-16-8-10-22(11-9-16)12-13-25(2,23)24/h4-7,14,16H,3,8-13H2,1-2H3,(H,20,21). The van der Waals surface area contributed by atoms with Gasteiger partial charge >= 0.3 is 0 Å². The van der Waals surface area contributed by atoms with E-state index in [1.807, 2.05) is 6.07 Å². The summed E-state index contributed by atoms with van der Waals surface area (Å²) in [5, 5.41) is 4.87. The van der Waals surface area contributed by atoms with Gasteiger partial charge in [0.15, 0.2) is 0 Å². The summed E-state index contributed by atoms with van der Waals surface area (Å²) in [5.74, 6) is 0.250. The summed E-state index contributed by atoms with van der Waals surface area (Å²) >= 11 is 0. The molecule has 0 atom stereocenters. The van der Waals surface area contributed by atoms with Gasteiger partial charge in [-0.25, -0.2) is 8.42 Å². The summed E-state index contributed by atoms with van der Waals surface area (Å²) in [6.07, 6.45) is 4.29. The van der Waals surface area contributed by atoms with Crippen molar-refractivity contribution >= 4 is 26.4 Å². The van der Waals surface area contributed by atoms with Crippen LogP contribution in [0.25, 0.3) is 10.9 Å². The normalized spacial score (nSPS) is 17.0. The highest BCUT2D eigenvalue weighted by Gasteiger charge is 2.20. The maximum absolute atomic E-state index is 11.3. The predicted octanol–water partition coefficient (Wildman–Crippen LogP) is 2.72. The maximum atomic E-state index is 11.3. The molecular weight excluding hydrogens is 334 g/mol. The van der Waals surface area contributed by atoms with E-state index < -0.39 is 9.84 Å².